The third-order valence-electron chi connectivity index (χ3n) is 4.04. The lowest BCUT2D eigenvalue weighted by molar-refractivity contribution is 0.0696. The Morgan fingerprint density at radius 3 is 2.32 bits per heavy atom. The lowest BCUT2D eigenvalue weighted by Gasteiger charge is -2.04. The SMILES string of the molecule is [CH2]CCCCCCCCCOC1CC1COC1[CH]C1. The molecule has 19 heavy (non-hydrogen) atoms. The molecule has 0 aromatic heterocycles. The van der Waals surface area contributed by atoms with Crippen LogP contribution in [0.1, 0.15) is 64.2 Å². The number of hydrogen-bond donors (Lipinski definition) is 0. The Morgan fingerprint density at radius 2 is 1.63 bits per heavy atom. The summed E-state index contributed by atoms with van der Waals surface area (Å²) >= 11 is 0. The van der Waals surface area contributed by atoms with Gasteiger partial charge < -0.3 is 9.47 Å². The van der Waals surface area contributed by atoms with Crippen molar-refractivity contribution in [2.24, 2.45) is 5.92 Å². The topological polar surface area (TPSA) is 18.5 Å². The van der Waals surface area contributed by atoms with Gasteiger partial charge >= 0.3 is 0 Å². The molecule has 2 saturated carbocycles. The molecule has 0 heterocycles. The second-order valence-electron chi connectivity index (χ2n) is 6.08. The van der Waals surface area contributed by atoms with E-state index < -0.39 is 0 Å². The second-order valence-corrected chi connectivity index (χ2v) is 6.08. The minimum absolute atomic E-state index is 0.477. The van der Waals surface area contributed by atoms with Crippen molar-refractivity contribution in [1.29, 1.82) is 0 Å². The summed E-state index contributed by atoms with van der Waals surface area (Å²) in [5, 5.41) is 0. The van der Waals surface area contributed by atoms with Crippen LogP contribution < -0.4 is 0 Å². The number of unbranched alkanes of at least 4 members (excludes halogenated alkanes) is 7. The Hall–Kier alpha value is -0.0800. The molecule has 0 spiro atoms. The zero-order valence-corrected chi connectivity index (χ0v) is 12.3. The molecule has 3 unspecified atom stereocenters. The maximum Gasteiger partial charge on any atom is 0.0630 e. The molecule has 2 aliphatic rings. The maximum absolute atomic E-state index is 5.86. The van der Waals surface area contributed by atoms with Crippen molar-refractivity contribution < 1.29 is 9.47 Å². The first-order chi connectivity index (χ1) is 9.40. The Balaban J connectivity index is 1.28. The molecule has 0 bridgehead atoms. The Bertz CT molecular complexity index is 225. The first-order valence-corrected chi connectivity index (χ1v) is 8.26. The number of hydrogen-bond acceptors (Lipinski definition) is 2. The highest BCUT2D eigenvalue weighted by molar-refractivity contribution is 4.98. The van der Waals surface area contributed by atoms with Crippen molar-refractivity contribution in [1.82, 2.24) is 0 Å². The minimum Gasteiger partial charge on any atom is -0.378 e. The molecule has 2 radical (unpaired) electrons. The van der Waals surface area contributed by atoms with Crippen LogP contribution in [-0.2, 0) is 9.47 Å². The Morgan fingerprint density at radius 1 is 0.947 bits per heavy atom. The van der Waals surface area contributed by atoms with E-state index in [1.165, 1.54) is 51.4 Å². The number of ether oxygens (including phenoxy) is 2. The first kappa shape index (κ1) is 15.3. The summed E-state index contributed by atoms with van der Waals surface area (Å²) in [6.45, 7) is 5.74. The van der Waals surface area contributed by atoms with E-state index in [2.05, 4.69) is 13.3 Å². The Kier molecular flexibility index (Phi) is 7.23. The van der Waals surface area contributed by atoms with E-state index >= 15 is 0 Å². The lowest BCUT2D eigenvalue weighted by Crippen LogP contribution is -2.05. The largest absolute Gasteiger partial charge is 0.378 e. The average molecular weight is 266 g/mol. The summed E-state index contributed by atoms with van der Waals surface area (Å²) in [6.07, 6.45) is 16.0. The molecule has 2 fully saturated rings. The van der Waals surface area contributed by atoms with Crippen LogP contribution >= 0.6 is 0 Å². The van der Waals surface area contributed by atoms with Crippen molar-refractivity contribution >= 4 is 0 Å². The van der Waals surface area contributed by atoms with E-state index in [4.69, 9.17) is 9.47 Å². The van der Waals surface area contributed by atoms with E-state index in [1.807, 2.05) is 0 Å². The quantitative estimate of drug-likeness (QED) is 0.462. The highest BCUT2D eigenvalue weighted by atomic mass is 16.5. The van der Waals surface area contributed by atoms with Crippen LogP contribution in [0, 0.1) is 19.3 Å². The molecule has 3 atom stereocenters. The van der Waals surface area contributed by atoms with E-state index in [-0.39, 0.29) is 0 Å². The smallest absolute Gasteiger partial charge is 0.0630 e. The van der Waals surface area contributed by atoms with Crippen LogP contribution in [-0.4, -0.2) is 25.4 Å². The molecule has 2 heteroatoms. The molecular weight excluding hydrogens is 236 g/mol. The fourth-order valence-corrected chi connectivity index (χ4v) is 2.44. The molecule has 2 rings (SSSR count). The van der Waals surface area contributed by atoms with Crippen LogP contribution in [0.25, 0.3) is 0 Å². The lowest BCUT2D eigenvalue weighted by atomic mass is 10.1. The van der Waals surface area contributed by atoms with Gasteiger partial charge in [0.1, 0.15) is 0 Å². The van der Waals surface area contributed by atoms with E-state index in [9.17, 15) is 0 Å². The fourth-order valence-electron chi connectivity index (χ4n) is 2.44. The van der Waals surface area contributed by atoms with Crippen molar-refractivity contribution in [3.63, 3.8) is 0 Å². The predicted molar refractivity (Wildman–Crippen MR) is 78.8 cm³/mol. The van der Waals surface area contributed by atoms with Crippen LogP contribution in [0.15, 0.2) is 0 Å². The van der Waals surface area contributed by atoms with Gasteiger partial charge in [0.25, 0.3) is 0 Å². The third kappa shape index (κ3) is 7.31. The molecule has 0 aliphatic heterocycles. The van der Waals surface area contributed by atoms with Gasteiger partial charge in [-0.15, -0.1) is 0 Å². The van der Waals surface area contributed by atoms with Gasteiger partial charge in [-0.2, -0.15) is 0 Å². The fraction of sp³-hybridized carbons (Fsp3) is 0.882. The van der Waals surface area contributed by atoms with Crippen LogP contribution in [0.4, 0.5) is 0 Å². The van der Waals surface area contributed by atoms with Gasteiger partial charge in [-0.3, -0.25) is 0 Å². The van der Waals surface area contributed by atoms with Crippen molar-refractivity contribution in [3.8, 4) is 0 Å². The zero-order chi connectivity index (χ0) is 13.3. The van der Waals surface area contributed by atoms with E-state index in [1.54, 1.807) is 0 Å². The first-order valence-electron chi connectivity index (χ1n) is 8.26. The molecule has 2 nitrogen and oxygen atoms in total. The minimum atomic E-state index is 0.477. The monoisotopic (exact) mass is 266 g/mol. The van der Waals surface area contributed by atoms with Crippen LogP contribution in [0.2, 0.25) is 0 Å². The summed E-state index contributed by atoms with van der Waals surface area (Å²) in [5.41, 5.74) is 0. The standard InChI is InChI=1S/C17H30O2/c1-2-3-4-5-6-7-8-9-12-18-17-13-15(17)14-19-16-10-11-16/h10,15-17H,1-9,11-14H2. The van der Waals surface area contributed by atoms with Crippen LogP contribution in [0.5, 0.6) is 0 Å². The molecule has 0 amide bonds. The van der Waals surface area contributed by atoms with Gasteiger partial charge in [0, 0.05) is 12.5 Å². The molecule has 0 aromatic rings. The maximum atomic E-state index is 5.86. The molecular formula is C17H30O2. The van der Waals surface area contributed by atoms with Gasteiger partial charge in [0.05, 0.1) is 18.8 Å². The summed E-state index contributed by atoms with van der Waals surface area (Å²) in [7, 11) is 0. The van der Waals surface area contributed by atoms with Gasteiger partial charge in [0.15, 0.2) is 0 Å². The van der Waals surface area contributed by atoms with Gasteiger partial charge in [-0.1, -0.05) is 51.9 Å². The van der Waals surface area contributed by atoms with Crippen molar-refractivity contribution in [2.75, 3.05) is 13.2 Å². The summed E-state index contributed by atoms with van der Waals surface area (Å²) in [4.78, 5) is 0. The van der Waals surface area contributed by atoms with Crippen molar-refractivity contribution in [3.05, 3.63) is 13.3 Å². The normalized spacial score (nSPS) is 25.7. The average Bonchev–Trinajstić information content (AvgIpc) is 3.30. The highest BCUT2D eigenvalue weighted by Gasteiger charge is 2.39. The second kappa shape index (κ2) is 8.97. The van der Waals surface area contributed by atoms with E-state index in [0.717, 1.165) is 26.1 Å². The third-order valence-corrected chi connectivity index (χ3v) is 4.04. The van der Waals surface area contributed by atoms with Gasteiger partial charge in [-0.05, 0) is 25.7 Å². The molecule has 0 saturated heterocycles. The number of rotatable bonds is 13. The van der Waals surface area contributed by atoms with Gasteiger partial charge in [-0.25, -0.2) is 0 Å². The van der Waals surface area contributed by atoms with Crippen LogP contribution in [0.3, 0.4) is 0 Å². The predicted octanol–water partition coefficient (Wildman–Crippen LogP) is 4.34. The summed E-state index contributed by atoms with van der Waals surface area (Å²) in [6, 6.07) is 0. The highest BCUT2D eigenvalue weighted by Crippen LogP contribution is 2.36. The molecule has 110 valence electrons. The van der Waals surface area contributed by atoms with Gasteiger partial charge in [0.2, 0.25) is 0 Å². The molecule has 0 aromatic carbocycles. The molecule has 0 N–H and O–H groups in total. The van der Waals surface area contributed by atoms with Crippen molar-refractivity contribution in [2.45, 2.75) is 76.4 Å². The molecule has 2 aliphatic carbocycles. The summed E-state index contributed by atoms with van der Waals surface area (Å²) in [5.74, 6) is 0.691. The summed E-state index contributed by atoms with van der Waals surface area (Å²) < 4.78 is 11.5. The van der Waals surface area contributed by atoms with E-state index in [0.29, 0.717) is 18.1 Å². The Labute approximate surface area is 119 Å². The zero-order valence-electron chi connectivity index (χ0n) is 12.3.